The van der Waals surface area contributed by atoms with Crippen molar-refractivity contribution in [2.75, 3.05) is 6.54 Å². The second kappa shape index (κ2) is 6.29. The molecule has 0 amide bonds. The monoisotopic (exact) mass is 261 g/mol. The summed E-state index contributed by atoms with van der Waals surface area (Å²) in [6.07, 6.45) is 6.76. The third-order valence-corrected chi connectivity index (χ3v) is 2.44. The highest BCUT2D eigenvalue weighted by molar-refractivity contribution is 5.19. The van der Waals surface area contributed by atoms with Gasteiger partial charge in [-0.3, -0.25) is 9.67 Å². The fraction of sp³-hybridized carbons (Fsp3) is 0.462. The summed E-state index contributed by atoms with van der Waals surface area (Å²) in [6.45, 7) is 6.03. The molecule has 6 nitrogen and oxygen atoms in total. The molecule has 0 aliphatic rings. The van der Waals surface area contributed by atoms with Crippen LogP contribution in [0.25, 0.3) is 0 Å². The van der Waals surface area contributed by atoms with Crippen molar-refractivity contribution in [3.05, 3.63) is 30.5 Å². The highest BCUT2D eigenvalue weighted by Gasteiger charge is 2.02. The normalized spacial score (nSPS) is 10.9. The summed E-state index contributed by atoms with van der Waals surface area (Å²) in [5.74, 6) is 1.75. The first-order valence-corrected chi connectivity index (χ1v) is 6.31. The van der Waals surface area contributed by atoms with Crippen LogP contribution in [-0.4, -0.2) is 26.3 Å². The molecule has 0 fully saturated rings. The van der Waals surface area contributed by atoms with Gasteiger partial charge in [-0.2, -0.15) is 5.10 Å². The molecule has 6 heteroatoms. The summed E-state index contributed by atoms with van der Waals surface area (Å²) < 4.78 is 7.19. The van der Waals surface area contributed by atoms with Crippen molar-refractivity contribution < 1.29 is 4.74 Å². The largest absolute Gasteiger partial charge is 0.434 e. The topological polar surface area (TPSA) is 64.9 Å². The van der Waals surface area contributed by atoms with Gasteiger partial charge in [0, 0.05) is 13.6 Å². The van der Waals surface area contributed by atoms with Crippen molar-refractivity contribution in [2.24, 2.45) is 13.0 Å². The highest BCUT2D eigenvalue weighted by Crippen LogP contribution is 2.16. The van der Waals surface area contributed by atoms with Crippen LogP contribution in [0.15, 0.2) is 24.8 Å². The molecule has 0 unspecified atom stereocenters. The Hall–Kier alpha value is -1.95. The maximum absolute atomic E-state index is 5.52. The second-order valence-corrected chi connectivity index (χ2v) is 4.82. The first-order valence-electron chi connectivity index (χ1n) is 6.31. The van der Waals surface area contributed by atoms with Gasteiger partial charge in [-0.15, -0.1) is 0 Å². The van der Waals surface area contributed by atoms with Crippen LogP contribution in [0.2, 0.25) is 0 Å². The van der Waals surface area contributed by atoms with Crippen molar-refractivity contribution in [1.82, 2.24) is 25.1 Å². The van der Waals surface area contributed by atoms with Gasteiger partial charge in [0.25, 0.3) is 0 Å². The summed E-state index contributed by atoms with van der Waals surface area (Å²) in [5, 5.41) is 7.34. The first kappa shape index (κ1) is 13.5. The molecule has 1 N–H and O–H groups in total. The van der Waals surface area contributed by atoms with E-state index >= 15 is 0 Å². The van der Waals surface area contributed by atoms with E-state index in [4.69, 9.17) is 4.74 Å². The van der Waals surface area contributed by atoms with Gasteiger partial charge in [-0.1, -0.05) is 13.8 Å². The van der Waals surface area contributed by atoms with E-state index in [0.717, 1.165) is 18.8 Å². The Morgan fingerprint density at radius 1 is 1.26 bits per heavy atom. The molecule has 0 saturated carbocycles. The van der Waals surface area contributed by atoms with Crippen LogP contribution in [-0.2, 0) is 13.6 Å². The molecule has 2 heterocycles. The van der Waals surface area contributed by atoms with Gasteiger partial charge in [0.15, 0.2) is 5.75 Å². The quantitative estimate of drug-likeness (QED) is 0.858. The zero-order valence-electron chi connectivity index (χ0n) is 11.5. The molecule has 0 aliphatic carbocycles. The van der Waals surface area contributed by atoms with Crippen LogP contribution in [0, 0.1) is 5.92 Å². The summed E-state index contributed by atoms with van der Waals surface area (Å²) in [6, 6.07) is 0. The number of nitrogens with one attached hydrogen (secondary N) is 1. The van der Waals surface area contributed by atoms with E-state index in [0.29, 0.717) is 17.5 Å². The lowest BCUT2D eigenvalue weighted by molar-refractivity contribution is 0.457. The number of hydrogen-bond acceptors (Lipinski definition) is 5. The second-order valence-electron chi connectivity index (χ2n) is 4.82. The van der Waals surface area contributed by atoms with E-state index in [-0.39, 0.29) is 0 Å². The van der Waals surface area contributed by atoms with Crippen molar-refractivity contribution in [3.63, 3.8) is 0 Å². The number of aryl methyl sites for hydroxylation is 1. The van der Waals surface area contributed by atoms with E-state index in [1.807, 2.05) is 7.05 Å². The predicted octanol–water partition coefficient (Wildman–Crippen LogP) is 1.75. The van der Waals surface area contributed by atoms with Gasteiger partial charge >= 0.3 is 0 Å². The molecular weight excluding hydrogens is 242 g/mol. The zero-order chi connectivity index (χ0) is 13.7. The van der Waals surface area contributed by atoms with Crippen LogP contribution in [0.1, 0.15) is 19.5 Å². The molecule has 2 rings (SSSR count). The Labute approximate surface area is 112 Å². The lowest BCUT2D eigenvalue weighted by Crippen LogP contribution is -2.19. The van der Waals surface area contributed by atoms with Crippen LogP contribution >= 0.6 is 0 Å². The van der Waals surface area contributed by atoms with Crippen molar-refractivity contribution >= 4 is 0 Å². The molecule has 0 atom stereocenters. The third kappa shape index (κ3) is 4.33. The summed E-state index contributed by atoms with van der Waals surface area (Å²) >= 11 is 0. The molecule has 2 aromatic rings. The zero-order valence-corrected chi connectivity index (χ0v) is 11.5. The Morgan fingerprint density at radius 2 is 2.11 bits per heavy atom. The fourth-order valence-corrected chi connectivity index (χ4v) is 1.55. The van der Waals surface area contributed by atoms with Gasteiger partial charge in [0.2, 0.25) is 5.88 Å². The predicted molar refractivity (Wildman–Crippen MR) is 71.9 cm³/mol. The smallest absolute Gasteiger partial charge is 0.238 e. The van der Waals surface area contributed by atoms with Crippen LogP contribution in [0.5, 0.6) is 11.6 Å². The van der Waals surface area contributed by atoms with E-state index in [1.54, 1.807) is 29.5 Å². The molecule has 19 heavy (non-hydrogen) atoms. The molecule has 0 aromatic carbocycles. The minimum Gasteiger partial charge on any atom is -0.434 e. The van der Waals surface area contributed by atoms with Gasteiger partial charge in [0.1, 0.15) is 0 Å². The average molecular weight is 261 g/mol. The van der Waals surface area contributed by atoms with E-state index in [9.17, 15) is 0 Å². The molecule has 0 bridgehead atoms. The van der Waals surface area contributed by atoms with Gasteiger partial charge in [0.05, 0.1) is 30.5 Å². The molecule has 0 spiro atoms. The molecule has 102 valence electrons. The van der Waals surface area contributed by atoms with Crippen molar-refractivity contribution in [1.29, 1.82) is 0 Å². The summed E-state index contributed by atoms with van der Waals surface area (Å²) in [5.41, 5.74) is 0.902. The Bertz CT molecular complexity index is 506. The van der Waals surface area contributed by atoms with Gasteiger partial charge in [-0.05, 0) is 12.5 Å². The van der Waals surface area contributed by atoms with Gasteiger partial charge in [-0.25, -0.2) is 4.98 Å². The standard InChI is InChI=1S/C13H19N5O/c1-10(2)4-14-5-11-6-16-13(8-15-11)19-12-7-17-18(3)9-12/h6-10,14H,4-5H2,1-3H3. The van der Waals surface area contributed by atoms with Crippen molar-refractivity contribution in [3.8, 4) is 11.6 Å². The number of aromatic nitrogens is 4. The van der Waals surface area contributed by atoms with E-state index < -0.39 is 0 Å². The van der Waals surface area contributed by atoms with Crippen LogP contribution in [0.3, 0.4) is 0 Å². The average Bonchev–Trinajstić information content (AvgIpc) is 2.77. The number of nitrogens with zero attached hydrogens (tertiary/aromatic N) is 4. The number of rotatable bonds is 6. The highest BCUT2D eigenvalue weighted by atomic mass is 16.5. The molecular formula is C13H19N5O. The Balaban J connectivity index is 1.87. The minimum absolute atomic E-state index is 0.473. The first-order chi connectivity index (χ1) is 9.13. The maximum Gasteiger partial charge on any atom is 0.238 e. The van der Waals surface area contributed by atoms with Crippen LogP contribution in [0.4, 0.5) is 0 Å². The van der Waals surface area contributed by atoms with Gasteiger partial charge < -0.3 is 10.1 Å². The number of ether oxygens (including phenoxy) is 1. The molecule has 0 aliphatic heterocycles. The summed E-state index contributed by atoms with van der Waals surface area (Å²) in [7, 11) is 1.84. The maximum atomic E-state index is 5.52. The van der Waals surface area contributed by atoms with E-state index in [1.165, 1.54) is 0 Å². The lowest BCUT2D eigenvalue weighted by Gasteiger charge is -2.07. The summed E-state index contributed by atoms with van der Waals surface area (Å²) in [4.78, 5) is 8.52. The molecule has 0 radical (unpaired) electrons. The SMILES string of the molecule is CC(C)CNCc1cnc(Oc2cnn(C)c2)cn1. The van der Waals surface area contributed by atoms with E-state index in [2.05, 4.69) is 34.2 Å². The van der Waals surface area contributed by atoms with Crippen molar-refractivity contribution in [2.45, 2.75) is 20.4 Å². The fourth-order valence-electron chi connectivity index (χ4n) is 1.55. The van der Waals surface area contributed by atoms with Crippen LogP contribution < -0.4 is 10.1 Å². The Kier molecular flexibility index (Phi) is 4.46. The lowest BCUT2D eigenvalue weighted by atomic mass is 10.2. The minimum atomic E-state index is 0.473. The molecule has 2 aromatic heterocycles. The molecule has 0 saturated heterocycles. The third-order valence-electron chi connectivity index (χ3n) is 2.44. The Morgan fingerprint density at radius 3 is 2.68 bits per heavy atom. The number of hydrogen-bond donors (Lipinski definition) is 1.